The Morgan fingerprint density at radius 2 is 2.00 bits per heavy atom. The molecule has 0 spiro atoms. The topological polar surface area (TPSA) is 37.3 Å². The molecular formula is C10H11BrO2. The Bertz CT molecular complexity index is 292. The summed E-state index contributed by atoms with van der Waals surface area (Å²) in [5, 5.41) is 8.65. The smallest absolute Gasteiger partial charge is 0.317 e. The summed E-state index contributed by atoms with van der Waals surface area (Å²) in [4.78, 5) is 10.0. The summed E-state index contributed by atoms with van der Waals surface area (Å²) in [7, 11) is 0. The molecule has 0 heterocycles. The highest BCUT2D eigenvalue weighted by Gasteiger charge is 2.12. The Labute approximate surface area is 85.7 Å². The van der Waals surface area contributed by atoms with E-state index >= 15 is 0 Å². The summed E-state index contributed by atoms with van der Waals surface area (Å²) in [5.41, 5.74) is 2.22. The van der Waals surface area contributed by atoms with E-state index in [1.165, 1.54) is 5.56 Å². The molecule has 1 rings (SSSR count). The van der Waals surface area contributed by atoms with Crippen LogP contribution in [-0.2, 0) is 11.2 Å². The van der Waals surface area contributed by atoms with E-state index in [0.29, 0.717) is 6.42 Å². The van der Waals surface area contributed by atoms with Crippen molar-refractivity contribution in [3.63, 3.8) is 0 Å². The van der Waals surface area contributed by atoms with E-state index in [-0.39, 0.29) is 0 Å². The minimum Gasteiger partial charge on any atom is -0.480 e. The number of halogens is 1. The first kappa shape index (κ1) is 10.3. The third-order valence-corrected chi connectivity index (χ3v) is 2.52. The number of carboxylic acids is 1. The molecule has 13 heavy (non-hydrogen) atoms. The van der Waals surface area contributed by atoms with Gasteiger partial charge >= 0.3 is 5.97 Å². The van der Waals surface area contributed by atoms with E-state index in [9.17, 15) is 4.79 Å². The van der Waals surface area contributed by atoms with Crippen molar-refractivity contribution in [1.82, 2.24) is 0 Å². The van der Waals surface area contributed by atoms with Crippen LogP contribution in [0.3, 0.4) is 0 Å². The van der Waals surface area contributed by atoms with Crippen LogP contribution in [0.2, 0.25) is 0 Å². The molecule has 1 aromatic carbocycles. The summed E-state index contributed by atoms with van der Waals surface area (Å²) >= 11 is 3.10. The lowest BCUT2D eigenvalue weighted by molar-refractivity contribution is -0.136. The van der Waals surface area contributed by atoms with E-state index < -0.39 is 10.8 Å². The Kier molecular flexibility index (Phi) is 3.48. The zero-order chi connectivity index (χ0) is 9.84. The lowest BCUT2D eigenvalue weighted by Crippen LogP contribution is -2.15. The first-order chi connectivity index (χ1) is 6.09. The van der Waals surface area contributed by atoms with E-state index in [0.717, 1.165) is 5.56 Å². The second kappa shape index (κ2) is 4.42. The summed E-state index contributed by atoms with van der Waals surface area (Å²) in [5.74, 6) is -0.819. The van der Waals surface area contributed by atoms with Crippen LogP contribution in [0, 0.1) is 6.92 Å². The fraction of sp³-hybridized carbons (Fsp3) is 0.300. The molecule has 1 unspecified atom stereocenters. The van der Waals surface area contributed by atoms with Crippen LogP contribution in [0.25, 0.3) is 0 Å². The molecule has 0 aromatic heterocycles. The first-order valence-electron chi connectivity index (χ1n) is 4.02. The minimum absolute atomic E-state index is 0.491. The highest BCUT2D eigenvalue weighted by molar-refractivity contribution is 9.10. The maximum Gasteiger partial charge on any atom is 0.317 e. The largest absolute Gasteiger partial charge is 0.480 e. The van der Waals surface area contributed by atoms with Gasteiger partial charge in [0.15, 0.2) is 0 Å². The Morgan fingerprint density at radius 3 is 2.46 bits per heavy atom. The van der Waals surface area contributed by atoms with E-state index in [4.69, 9.17) is 5.11 Å². The van der Waals surface area contributed by atoms with Gasteiger partial charge in [-0.25, -0.2) is 0 Å². The number of carbonyl (C=O) groups is 1. The number of carboxylic acid groups (broad SMARTS) is 1. The van der Waals surface area contributed by atoms with Crippen LogP contribution in [0.4, 0.5) is 0 Å². The van der Waals surface area contributed by atoms with Gasteiger partial charge in [-0.3, -0.25) is 4.79 Å². The third-order valence-electron chi connectivity index (χ3n) is 1.80. The fourth-order valence-electron chi connectivity index (χ4n) is 1.02. The lowest BCUT2D eigenvalue weighted by Gasteiger charge is -2.04. The summed E-state index contributed by atoms with van der Waals surface area (Å²) in [6, 6.07) is 7.87. The van der Waals surface area contributed by atoms with Gasteiger partial charge in [-0.05, 0) is 18.9 Å². The maximum atomic E-state index is 10.5. The molecule has 0 aliphatic heterocycles. The zero-order valence-corrected chi connectivity index (χ0v) is 8.91. The van der Waals surface area contributed by atoms with Gasteiger partial charge < -0.3 is 5.11 Å². The van der Waals surface area contributed by atoms with Gasteiger partial charge in [0.25, 0.3) is 0 Å². The molecule has 0 fully saturated rings. The van der Waals surface area contributed by atoms with Gasteiger partial charge in [0, 0.05) is 0 Å². The number of rotatable bonds is 3. The number of hydrogen-bond acceptors (Lipinski definition) is 1. The standard InChI is InChI=1S/C10H11BrO2/c1-7-2-4-8(5-3-7)6-9(11)10(12)13/h2-5,9H,6H2,1H3,(H,12,13). The van der Waals surface area contributed by atoms with E-state index in [1.807, 2.05) is 31.2 Å². The molecule has 0 saturated heterocycles. The van der Waals surface area contributed by atoms with Crippen LogP contribution in [0.15, 0.2) is 24.3 Å². The van der Waals surface area contributed by atoms with Gasteiger partial charge in [0.05, 0.1) is 0 Å². The van der Waals surface area contributed by atoms with E-state index in [1.54, 1.807) is 0 Å². The molecule has 1 aromatic rings. The van der Waals surface area contributed by atoms with Crippen molar-refractivity contribution in [2.24, 2.45) is 0 Å². The highest BCUT2D eigenvalue weighted by atomic mass is 79.9. The monoisotopic (exact) mass is 242 g/mol. The van der Waals surface area contributed by atoms with Gasteiger partial charge in [-0.1, -0.05) is 45.8 Å². The van der Waals surface area contributed by atoms with Crippen molar-refractivity contribution in [1.29, 1.82) is 0 Å². The third kappa shape index (κ3) is 3.19. The van der Waals surface area contributed by atoms with Crippen LogP contribution in [0.5, 0.6) is 0 Å². The molecular weight excluding hydrogens is 232 g/mol. The quantitative estimate of drug-likeness (QED) is 0.827. The average Bonchev–Trinajstić information content (AvgIpc) is 2.08. The second-order valence-corrected chi connectivity index (χ2v) is 4.10. The number of aryl methyl sites for hydroxylation is 1. The SMILES string of the molecule is Cc1ccc(CC(Br)C(=O)O)cc1. The molecule has 0 aliphatic rings. The van der Waals surface area contributed by atoms with Crippen LogP contribution < -0.4 is 0 Å². The van der Waals surface area contributed by atoms with Gasteiger partial charge in [0.1, 0.15) is 4.83 Å². The number of alkyl halides is 1. The molecule has 0 bridgehead atoms. The van der Waals surface area contributed by atoms with Crippen LogP contribution in [0.1, 0.15) is 11.1 Å². The Morgan fingerprint density at radius 1 is 1.46 bits per heavy atom. The number of aliphatic carboxylic acids is 1. The summed E-state index contributed by atoms with van der Waals surface area (Å²) < 4.78 is 0. The van der Waals surface area contributed by atoms with E-state index in [2.05, 4.69) is 15.9 Å². The van der Waals surface area contributed by atoms with Crippen molar-refractivity contribution in [2.75, 3.05) is 0 Å². The molecule has 0 aliphatic carbocycles. The predicted molar refractivity (Wildman–Crippen MR) is 55.2 cm³/mol. The first-order valence-corrected chi connectivity index (χ1v) is 4.93. The van der Waals surface area contributed by atoms with Crippen molar-refractivity contribution >= 4 is 21.9 Å². The van der Waals surface area contributed by atoms with Gasteiger partial charge in [0.2, 0.25) is 0 Å². The minimum atomic E-state index is -0.819. The summed E-state index contributed by atoms with van der Waals surface area (Å²) in [6.07, 6.45) is 0.523. The maximum absolute atomic E-state index is 10.5. The summed E-state index contributed by atoms with van der Waals surface area (Å²) in [6.45, 7) is 2.01. The number of benzene rings is 1. The van der Waals surface area contributed by atoms with Crippen molar-refractivity contribution in [3.8, 4) is 0 Å². The normalized spacial score (nSPS) is 12.5. The molecule has 0 amide bonds. The molecule has 1 atom stereocenters. The number of hydrogen-bond donors (Lipinski definition) is 1. The lowest BCUT2D eigenvalue weighted by atomic mass is 10.1. The van der Waals surface area contributed by atoms with Crippen molar-refractivity contribution in [2.45, 2.75) is 18.2 Å². The molecule has 1 N–H and O–H groups in total. The molecule has 0 radical (unpaired) electrons. The highest BCUT2D eigenvalue weighted by Crippen LogP contribution is 2.11. The van der Waals surface area contributed by atoms with Gasteiger partial charge in [-0.2, -0.15) is 0 Å². The second-order valence-electron chi connectivity index (χ2n) is 3.00. The molecule has 70 valence electrons. The Hall–Kier alpha value is -0.830. The molecule has 0 saturated carbocycles. The van der Waals surface area contributed by atoms with Gasteiger partial charge in [-0.15, -0.1) is 0 Å². The zero-order valence-electron chi connectivity index (χ0n) is 7.33. The molecule has 2 nitrogen and oxygen atoms in total. The van der Waals surface area contributed by atoms with Crippen LogP contribution in [-0.4, -0.2) is 15.9 Å². The fourth-order valence-corrected chi connectivity index (χ4v) is 1.39. The van der Waals surface area contributed by atoms with Crippen molar-refractivity contribution < 1.29 is 9.90 Å². The molecule has 3 heteroatoms. The average molecular weight is 243 g/mol. The van der Waals surface area contributed by atoms with Crippen molar-refractivity contribution in [3.05, 3.63) is 35.4 Å². The predicted octanol–water partition coefficient (Wildman–Crippen LogP) is 2.39. The van der Waals surface area contributed by atoms with Crippen LogP contribution >= 0.6 is 15.9 Å². The Balaban J connectivity index is 2.64.